The highest BCUT2D eigenvalue weighted by Crippen LogP contribution is 2.49. The first-order chi connectivity index (χ1) is 47.6. The third-order valence-corrected chi connectivity index (χ3v) is 19.3. The predicted molar refractivity (Wildman–Crippen MR) is 411 cm³/mol. The van der Waals surface area contributed by atoms with Gasteiger partial charge in [-0.05, 0) is 197 Å². The van der Waals surface area contributed by atoms with Gasteiger partial charge in [0.2, 0.25) is 0 Å². The zero-order chi connectivity index (χ0) is 63.5. The van der Waals surface area contributed by atoms with Gasteiger partial charge in [-0.25, -0.2) is 0 Å². The number of benzene rings is 18. The van der Waals surface area contributed by atoms with Gasteiger partial charge in [0.25, 0.3) is 0 Å². The topological polar surface area (TPSA) is 13.0 Å². The van der Waals surface area contributed by atoms with Crippen molar-refractivity contribution < 1.29 is 0 Å². The van der Waals surface area contributed by atoms with Gasteiger partial charge in [-0.1, -0.05) is 255 Å². The van der Waals surface area contributed by atoms with Gasteiger partial charge in [-0.2, -0.15) is 0 Å². The highest BCUT2D eigenvalue weighted by Gasteiger charge is 2.24. The SMILES string of the molecule is c1ccc2cc(N(c3ccc(-c4ccc(N(c5ccc(N(c6cccc7ccccc67)c6cc7ccccc7c7ccccc67)cc5)c5ccc6ccccc6c5)cc4)cc3)c3ccc(N(c4cccc5ccccc45)c4cc5ccccc5c5ccccc45)cc3)ccc2c1. The van der Waals surface area contributed by atoms with E-state index in [0.29, 0.717) is 0 Å². The Kier molecular flexibility index (Phi) is 13.8. The standard InChI is InChI=1S/C92H62N4/c1-3-23-69-59-79(49-43-63(69)19-1)93(75-51-55-77(56-52-75)95(89-37-17-27-67-21-5-11-31-83(67)89)91-61-71-25-7-9-29-81(71)85-33-13-15-35-87(85)91)73-45-39-65(40-46-73)66-41-47-74(48-42-66)94(80-50-44-64-20-2-4-24-70(64)60-80)76-53-57-78(58-54-76)96(90-38-18-28-68-22-6-12-32-84(68)90)92-62-72-26-8-10-30-82(72)86-34-14-16-36-88(86)92/h1-62H. The van der Waals surface area contributed by atoms with Crippen molar-refractivity contribution >= 4 is 154 Å². The molecule has 96 heavy (non-hydrogen) atoms. The molecule has 0 aliphatic heterocycles. The Balaban J connectivity index is 0.712. The van der Waals surface area contributed by atoms with Crippen LogP contribution < -0.4 is 19.6 Å². The molecule has 0 saturated carbocycles. The molecule has 0 unspecified atom stereocenters. The quantitative estimate of drug-likeness (QED) is 0.107. The van der Waals surface area contributed by atoms with Crippen LogP contribution in [0.3, 0.4) is 0 Å². The lowest BCUT2D eigenvalue weighted by atomic mass is 9.98. The van der Waals surface area contributed by atoms with Crippen molar-refractivity contribution in [1.82, 2.24) is 0 Å². The molecule has 18 aromatic rings. The third-order valence-electron chi connectivity index (χ3n) is 19.3. The number of hydrogen-bond donors (Lipinski definition) is 0. The summed E-state index contributed by atoms with van der Waals surface area (Å²) in [5.41, 5.74) is 15.3. The van der Waals surface area contributed by atoms with Crippen LogP contribution in [0.25, 0.3) is 97.3 Å². The Morgan fingerprint density at radius 2 is 0.385 bits per heavy atom. The molecule has 18 rings (SSSR count). The van der Waals surface area contributed by atoms with E-state index in [-0.39, 0.29) is 0 Å². The number of rotatable bonds is 13. The largest absolute Gasteiger partial charge is 0.310 e. The third kappa shape index (κ3) is 9.95. The fraction of sp³-hybridized carbons (Fsp3) is 0. The molecule has 0 aliphatic carbocycles. The van der Waals surface area contributed by atoms with E-state index in [9.17, 15) is 0 Å². The minimum atomic E-state index is 1.05. The molecule has 4 nitrogen and oxygen atoms in total. The Hall–Kier alpha value is -12.8. The van der Waals surface area contributed by atoms with E-state index >= 15 is 0 Å². The normalized spacial score (nSPS) is 11.5. The van der Waals surface area contributed by atoms with Crippen LogP contribution in [0.5, 0.6) is 0 Å². The summed E-state index contributed by atoms with van der Waals surface area (Å²) in [4.78, 5) is 9.67. The number of fused-ring (bicyclic) bond motifs is 10. The average Bonchev–Trinajstić information content (AvgIpc) is 0.757. The van der Waals surface area contributed by atoms with Crippen molar-refractivity contribution in [2.45, 2.75) is 0 Å². The molecule has 450 valence electrons. The summed E-state index contributed by atoms with van der Waals surface area (Å²) in [5.74, 6) is 0. The van der Waals surface area contributed by atoms with Crippen LogP contribution in [-0.4, -0.2) is 0 Å². The zero-order valence-electron chi connectivity index (χ0n) is 52.6. The summed E-state index contributed by atoms with van der Waals surface area (Å²) >= 11 is 0. The molecular formula is C92H62N4. The van der Waals surface area contributed by atoms with E-state index in [1.807, 2.05) is 0 Å². The first-order valence-electron chi connectivity index (χ1n) is 33.0. The molecular weight excluding hydrogens is 1160 g/mol. The molecule has 0 aromatic heterocycles. The molecule has 0 saturated heterocycles. The van der Waals surface area contributed by atoms with Crippen LogP contribution in [0.2, 0.25) is 0 Å². The molecule has 0 fully saturated rings. The van der Waals surface area contributed by atoms with Crippen LogP contribution in [-0.2, 0) is 0 Å². The second-order valence-electron chi connectivity index (χ2n) is 24.9. The molecule has 4 heteroatoms. The van der Waals surface area contributed by atoms with Gasteiger partial charge in [0, 0.05) is 67.0 Å². The van der Waals surface area contributed by atoms with E-state index < -0.39 is 0 Å². The van der Waals surface area contributed by atoms with Gasteiger partial charge in [0.15, 0.2) is 0 Å². The Bertz CT molecular complexity index is 5600. The van der Waals surface area contributed by atoms with Gasteiger partial charge in [0.05, 0.1) is 22.7 Å². The molecule has 0 aliphatic rings. The minimum Gasteiger partial charge on any atom is -0.310 e. The first kappa shape index (κ1) is 56.0. The fourth-order valence-electron chi connectivity index (χ4n) is 14.7. The van der Waals surface area contributed by atoms with E-state index in [0.717, 1.165) is 79.4 Å². The van der Waals surface area contributed by atoms with Gasteiger partial charge in [-0.3, -0.25) is 0 Å². The lowest BCUT2D eigenvalue weighted by molar-refractivity contribution is 1.27. The van der Waals surface area contributed by atoms with Crippen LogP contribution in [0.15, 0.2) is 376 Å². The highest BCUT2D eigenvalue weighted by molar-refractivity contribution is 6.17. The molecule has 0 N–H and O–H groups in total. The average molecular weight is 1220 g/mol. The first-order valence-corrected chi connectivity index (χ1v) is 33.0. The van der Waals surface area contributed by atoms with E-state index in [1.54, 1.807) is 0 Å². The number of nitrogens with zero attached hydrogens (tertiary/aromatic N) is 4. The maximum Gasteiger partial charge on any atom is 0.0546 e. The van der Waals surface area contributed by atoms with Crippen LogP contribution in [0.1, 0.15) is 0 Å². The summed E-state index contributed by atoms with van der Waals surface area (Å²) in [7, 11) is 0. The molecule has 0 heterocycles. The lowest BCUT2D eigenvalue weighted by Crippen LogP contribution is -2.13. The van der Waals surface area contributed by atoms with Crippen molar-refractivity contribution in [3.8, 4) is 11.1 Å². The van der Waals surface area contributed by atoms with Crippen LogP contribution in [0.4, 0.5) is 68.2 Å². The Labute approximate surface area is 557 Å². The molecule has 0 radical (unpaired) electrons. The van der Waals surface area contributed by atoms with Gasteiger partial charge in [0.1, 0.15) is 0 Å². The number of anilines is 12. The summed E-state index contributed by atoms with van der Waals surface area (Å²) in [6, 6.07) is 138. The van der Waals surface area contributed by atoms with Crippen molar-refractivity contribution in [2.75, 3.05) is 19.6 Å². The van der Waals surface area contributed by atoms with Gasteiger partial charge in [-0.15, -0.1) is 0 Å². The molecule has 0 spiro atoms. The van der Waals surface area contributed by atoms with E-state index in [1.165, 1.54) is 86.2 Å². The second kappa shape index (κ2) is 23.7. The number of hydrogen-bond acceptors (Lipinski definition) is 4. The van der Waals surface area contributed by atoms with Crippen LogP contribution in [0, 0.1) is 0 Å². The molecule has 18 aromatic carbocycles. The second-order valence-corrected chi connectivity index (χ2v) is 24.9. The van der Waals surface area contributed by atoms with Crippen molar-refractivity contribution in [3.05, 3.63) is 376 Å². The summed E-state index contributed by atoms with van der Waals surface area (Å²) < 4.78 is 0. The van der Waals surface area contributed by atoms with Gasteiger partial charge >= 0.3 is 0 Å². The van der Waals surface area contributed by atoms with Crippen molar-refractivity contribution in [3.63, 3.8) is 0 Å². The Morgan fingerprint density at radius 3 is 0.760 bits per heavy atom. The summed E-state index contributed by atoms with van der Waals surface area (Å²) in [6.45, 7) is 0. The van der Waals surface area contributed by atoms with E-state index in [2.05, 4.69) is 396 Å². The summed E-state index contributed by atoms with van der Waals surface area (Å²) in [5, 5.41) is 19.3. The highest BCUT2D eigenvalue weighted by atomic mass is 15.2. The molecule has 0 bridgehead atoms. The van der Waals surface area contributed by atoms with Crippen molar-refractivity contribution in [2.24, 2.45) is 0 Å². The fourth-order valence-corrected chi connectivity index (χ4v) is 14.7. The Morgan fingerprint density at radius 1 is 0.125 bits per heavy atom. The lowest BCUT2D eigenvalue weighted by Gasteiger charge is -2.30. The monoisotopic (exact) mass is 1220 g/mol. The van der Waals surface area contributed by atoms with Crippen molar-refractivity contribution in [1.29, 1.82) is 0 Å². The van der Waals surface area contributed by atoms with Crippen LogP contribution >= 0.6 is 0 Å². The smallest absolute Gasteiger partial charge is 0.0546 e. The maximum atomic E-state index is 2.45. The summed E-state index contributed by atoms with van der Waals surface area (Å²) in [6.07, 6.45) is 0. The molecule has 0 amide bonds. The predicted octanol–water partition coefficient (Wildman–Crippen LogP) is 26.5. The maximum absolute atomic E-state index is 2.45. The van der Waals surface area contributed by atoms with E-state index in [4.69, 9.17) is 0 Å². The minimum absolute atomic E-state index is 1.05. The van der Waals surface area contributed by atoms with Gasteiger partial charge < -0.3 is 19.6 Å². The molecule has 0 atom stereocenters. The zero-order valence-corrected chi connectivity index (χ0v) is 52.6.